The molecule has 7 nitrogen and oxygen atoms in total. The highest BCUT2D eigenvalue weighted by atomic mass is 32.2. The zero-order valence-corrected chi connectivity index (χ0v) is 12.6. The largest absolute Gasteiger partial charge is 0.476 e. The van der Waals surface area contributed by atoms with Crippen LogP contribution < -0.4 is 4.72 Å². The number of hydrogen-bond donors (Lipinski definition) is 3. The Balaban J connectivity index is 2.89. The highest BCUT2D eigenvalue weighted by Crippen LogP contribution is 2.17. The Morgan fingerprint density at radius 3 is 2.74 bits per heavy atom. The van der Waals surface area contributed by atoms with E-state index >= 15 is 0 Å². The first-order valence-electron chi connectivity index (χ1n) is 5.60. The molecule has 0 fully saturated rings. The molecule has 19 heavy (non-hydrogen) atoms. The van der Waals surface area contributed by atoms with E-state index in [2.05, 4.69) is 14.9 Å². The number of carbonyl (C=O) groups is 1. The third-order valence-electron chi connectivity index (χ3n) is 2.61. The minimum atomic E-state index is -3.86. The zero-order chi connectivity index (χ0) is 14.6. The molecule has 0 aliphatic heterocycles. The number of carboxylic acid groups (broad SMARTS) is 1. The van der Waals surface area contributed by atoms with Gasteiger partial charge in [-0.3, -0.25) is 5.10 Å². The Hall–Kier alpha value is -1.06. The SMILES string of the molecule is CSC(C)CCNS(=O)(=O)c1c(C(=O)O)n[nH]c1C. The van der Waals surface area contributed by atoms with E-state index in [1.165, 1.54) is 6.92 Å². The van der Waals surface area contributed by atoms with Crippen molar-refractivity contribution in [1.29, 1.82) is 0 Å². The Labute approximate surface area is 116 Å². The van der Waals surface area contributed by atoms with Gasteiger partial charge in [-0.05, 0) is 19.6 Å². The predicted molar refractivity (Wildman–Crippen MR) is 73.1 cm³/mol. The van der Waals surface area contributed by atoms with Gasteiger partial charge in [0.2, 0.25) is 10.0 Å². The number of thioether (sulfide) groups is 1. The van der Waals surface area contributed by atoms with Crippen LogP contribution in [0, 0.1) is 6.92 Å². The maximum atomic E-state index is 12.1. The van der Waals surface area contributed by atoms with Crippen molar-refractivity contribution in [2.24, 2.45) is 0 Å². The van der Waals surface area contributed by atoms with E-state index in [0.29, 0.717) is 11.7 Å². The van der Waals surface area contributed by atoms with Crippen LogP contribution in [0.1, 0.15) is 29.5 Å². The number of aromatic carboxylic acids is 1. The predicted octanol–water partition coefficient (Wildman–Crippen LogP) is 0.836. The lowest BCUT2D eigenvalue weighted by molar-refractivity contribution is 0.0686. The van der Waals surface area contributed by atoms with Crippen LogP contribution in [0.25, 0.3) is 0 Å². The number of carboxylic acids is 1. The lowest BCUT2D eigenvalue weighted by atomic mass is 10.3. The summed E-state index contributed by atoms with van der Waals surface area (Å²) in [6.45, 7) is 3.72. The van der Waals surface area contributed by atoms with Gasteiger partial charge in [-0.25, -0.2) is 17.9 Å². The highest BCUT2D eigenvalue weighted by molar-refractivity contribution is 7.99. The van der Waals surface area contributed by atoms with E-state index in [4.69, 9.17) is 5.11 Å². The minimum Gasteiger partial charge on any atom is -0.476 e. The number of H-pyrrole nitrogens is 1. The molecular formula is C10H17N3O4S2. The van der Waals surface area contributed by atoms with E-state index in [1.54, 1.807) is 11.8 Å². The summed E-state index contributed by atoms with van der Waals surface area (Å²) in [5.41, 5.74) is -0.272. The number of aromatic nitrogens is 2. The molecular weight excluding hydrogens is 290 g/mol. The number of sulfonamides is 1. The van der Waals surface area contributed by atoms with Gasteiger partial charge in [-0.2, -0.15) is 16.9 Å². The summed E-state index contributed by atoms with van der Waals surface area (Å²) in [5, 5.41) is 15.1. The van der Waals surface area contributed by atoms with Crippen molar-refractivity contribution in [3.63, 3.8) is 0 Å². The third-order valence-corrected chi connectivity index (χ3v) is 5.27. The number of aryl methyl sites for hydroxylation is 1. The van der Waals surface area contributed by atoms with Gasteiger partial charge in [-0.1, -0.05) is 6.92 Å². The fourth-order valence-electron chi connectivity index (χ4n) is 1.48. The first kappa shape index (κ1) is 16.0. The first-order chi connectivity index (χ1) is 8.79. The summed E-state index contributed by atoms with van der Waals surface area (Å²) in [5.74, 6) is -1.37. The molecule has 1 rings (SSSR count). The molecule has 0 saturated heterocycles. The summed E-state index contributed by atoms with van der Waals surface area (Å²) in [7, 11) is -3.86. The molecule has 108 valence electrons. The van der Waals surface area contributed by atoms with Crippen LogP contribution >= 0.6 is 11.8 Å². The molecule has 1 unspecified atom stereocenters. The van der Waals surface area contributed by atoms with Crippen molar-refractivity contribution in [2.45, 2.75) is 30.4 Å². The van der Waals surface area contributed by atoms with Gasteiger partial charge in [0, 0.05) is 11.8 Å². The normalized spacial score (nSPS) is 13.4. The molecule has 1 aromatic heterocycles. The fourth-order valence-corrected chi connectivity index (χ4v) is 3.20. The van der Waals surface area contributed by atoms with Crippen LogP contribution in [-0.4, -0.2) is 47.7 Å². The molecule has 9 heteroatoms. The van der Waals surface area contributed by atoms with Crippen LogP contribution in [0.15, 0.2) is 4.90 Å². The van der Waals surface area contributed by atoms with Gasteiger partial charge in [0.15, 0.2) is 5.69 Å². The molecule has 0 radical (unpaired) electrons. The van der Waals surface area contributed by atoms with Crippen LogP contribution in [0.5, 0.6) is 0 Å². The average molecular weight is 307 g/mol. The molecule has 1 aromatic rings. The molecule has 1 atom stereocenters. The van der Waals surface area contributed by atoms with Crippen molar-refractivity contribution in [3.05, 3.63) is 11.4 Å². The lowest BCUT2D eigenvalue weighted by Crippen LogP contribution is -2.28. The Morgan fingerprint density at radius 2 is 2.21 bits per heavy atom. The summed E-state index contributed by atoms with van der Waals surface area (Å²) in [6, 6.07) is 0. The molecule has 0 aliphatic rings. The number of nitrogens with one attached hydrogen (secondary N) is 2. The van der Waals surface area contributed by atoms with Gasteiger partial charge < -0.3 is 5.11 Å². The number of aromatic amines is 1. The molecule has 0 amide bonds. The molecule has 0 aromatic carbocycles. The Kier molecular flexibility index (Phi) is 5.39. The van der Waals surface area contributed by atoms with E-state index in [1.807, 2.05) is 13.2 Å². The summed E-state index contributed by atoms with van der Waals surface area (Å²) >= 11 is 1.64. The highest BCUT2D eigenvalue weighted by Gasteiger charge is 2.27. The second-order valence-electron chi connectivity index (χ2n) is 4.06. The fraction of sp³-hybridized carbons (Fsp3) is 0.600. The first-order valence-corrected chi connectivity index (χ1v) is 8.37. The van der Waals surface area contributed by atoms with Gasteiger partial charge in [0.1, 0.15) is 4.90 Å². The van der Waals surface area contributed by atoms with E-state index < -0.39 is 21.7 Å². The third kappa shape index (κ3) is 3.95. The van der Waals surface area contributed by atoms with Gasteiger partial charge >= 0.3 is 5.97 Å². The topological polar surface area (TPSA) is 112 Å². The quantitative estimate of drug-likeness (QED) is 0.688. The Morgan fingerprint density at radius 1 is 1.58 bits per heavy atom. The zero-order valence-electron chi connectivity index (χ0n) is 10.9. The number of rotatable bonds is 7. The van der Waals surface area contributed by atoms with Crippen molar-refractivity contribution in [1.82, 2.24) is 14.9 Å². The van der Waals surface area contributed by atoms with Gasteiger partial charge in [0.25, 0.3) is 0 Å². The van der Waals surface area contributed by atoms with Crippen molar-refractivity contribution in [3.8, 4) is 0 Å². The number of nitrogens with zero attached hydrogens (tertiary/aromatic N) is 1. The number of hydrogen-bond acceptors (Lipinski definition) is 5. The maximum absolute atomic E-state index is 12.1. The molecule has 0 saturated carbocycles. The van der Waals surface area contributed by atoms with Gasteiger partial charge in [0.05, 0.1) is 5.69 Å². The minimum absolute atomic E-state index is 0.211. The summed E-state index contributed by atoms with van der Waals surface area (Å²) < 4.78 is 26.5. The van der Waals surface area contributed by atoms with Crippen molar-refractivity contribution >= 4 is 27.8 Å². The second-order valence-corrected chi connectivity index (χ2v) is 7.04. The second kappa shape index (κ2) is 6.40. The Bertz CT molecular complexity index is 553. The maximum Gasteiger partial charge on any atom is 0.357 e. The van der Waals surface area contributed by atoms with Gasteiger partial charge in [-0.15, -0.1) is 0 Å². The molecule has 0 spiro atoms. The molecule has 1 heterocycles. The summed E-state index contributed by atoms with van der Waals surface area (Å²) in [6.07, 6.45) is 2.61. The van der Waals surface area contributed by atoms with Crippen LogP contribution in [0.2, 0.25) is 0 Å². The summed E-state index contributed by atoms with van der Waals surface area (Å²) in [4.78, 5) is 10.6. The van der Waals surface area contributed by atoms with E-state index in [9.17, 15) is 13.2 Å². The smallest absolute Gasteiger partial charge is 0.357 e. The van der Waals surface area contributed by atoms with Crippen LogP contribution in [-0.2, 0) is 10.0 Å². The standard InChI is InChI=1S/C10H17N3O4S2/c1-6(18-3)4-5-11-19(16,17)9-7(2)12-13-8(9)10(14)15/h6,11H,4-5H2,1-3H3,(H,12,13)(H,14,15). The lowest BCUT2D eigenvalue weighted by Gasteiger charge is -2.09. The molecule has 0 bridgehead atoms. The molecule has 3 N–H and O–H groups in total. The van der Waals surface area contributed by atoms with Crippen molar-refractivity contribution < 1.29 is 18.3 Å². The van der Waals surface area contributed by atoms with Crippen LogP contribution in [0.4, 0.5) is 0 Å². The van der Waals surface area contributed by atoms with Crippen LogP contribution in [0.3, 0.4) is 0 Å². The average Bonchev–Trinajstić information content (AvgIpc) is 2.71. The molecule has 0 aliphatic carbocycles. The van der Waals surface area contributed by atoms with Crippen molar-refractivity contribution in [2.75, 3.05) is 12.8 Å². The van der Waals surface area contributed by atoms with E-state index in [-0.39, 0.29) is 17.1 Å². The van der Waals surface area contributed by atoms with E-state index in [0.717, 1.165) is 0 Å². The monoisotopic (exact) mass is 307 g/mol.